The van der Waals surface area contributed by atoms with Gasteiger partial charge in [0.25, 0.3) is 0 Å². The quantitative estimate of drug-likeness (QED) is 0.877. The first-order valence-electron chi connectivity index (χ1n) is 6.99. The second-order valence-electron chi connectivity index (χ2n) is 5.47. The highest BCUT2D eigenvalue weighted by Gasteiger charge is 2.34. The minimum atomic E-state index is -4.45. The summed E-state index contributed by atoms with van der Waals surface area (Å²) in [6.45, 7) is 1.87. The Hall–Kier alpha value is -1.78. The number of ether oxygens (including phenoxy) is 1. The lowest BCUT2D eigenvalue weighted by molar-refractivity contribution is -0.137. The molecule has 120 valence electrons. The van der Waals surface area contributed by atoms with E-state index >= 15 is 0 Å². The predicted molar refractivity (Wildman–Crippen MR) is 76.5 cm³/mol. The van der Waals surface area contributed by atoms with Gasteiger partial charge in [-0.05, 0) is 37.6 Å². The average Bonchev–Trinajstić information content (AvgIpc) is 2.93. The van der Waals surface area contributed by atoms with Crippen molar-refractivity contribution in [2.45, 2.75) is 24.6 Å². The molecule has 7 heteroatoms. The lowest BCUT2D eigenvalue weighted by Gasteiger charge is -2.29. The number of alkyl halides is 3. The minimum Gasteiger partial charge on any atom is -0.383 e. The number of methoxy groups -OCH3 is 1. The first kappa shape index (κ1) is 16.6. The summed E-state index contributed by atoms with van der Waals surface area (Å²) in [5.74, 6) is 0. The van der Waals surface area contributed by atoms with Gasteiger partial charge in [-0.2, -0.15) is 18.4 Å². The Balaban J connectivity index is 2.14. The number of nitriles is 1. The zero-order chi connectivity index (χ0) is 16.2. The van der Waals surface area contributed by atoms with Crippen LogP contribution in [0.25, 0.3) is 0 Å². The molecule has 1 unspecified atom stereocenters. The number of nitrogens with one attached hydrogen (secondary N) is 2. The van der Waals surface area contributed by atoms with Crippen LogP contribution < -0.4 is 10.6 Å². The molecule has 0 amide bonds. The summed E-state index contributed by atoms with van der Waals surface area (Å²) in [4.78, 5) is 0. The summed E-state index contributed by atoms with van der Waals surface area (Å²) in [7, 11) is 1.61. The zero-order valence-electron chi connectivity index (χ0n) is 12.3. The first-order valence-corrected chi connectivity index (χ1v) is 6.99. The van der Waals surface area contributed by atoms with E-state index in [1.807, 2.05) is 6.07 Å². The number of benzene rings is 1. The highest BCUT2D eigenvalue weighted by molar-refractivity contribution is 5.59. The summed E-state index contributed by atoms with van der Waals surface area (Å²) in [6.07, 6.45) is -2.52. The van der Waals surface area contributed by atoms with Crippen molar-refractivity contribution in [1.29, 1.82) is 5.26 Å². The SMILES string of the molecule is COCC1(CNc2ccc(C(F)(F)F)cc2C#N)CCCN1. The van der Waals surface area contributed by atoms with Crippen LogP contribution in [0.3, 0.4) is 0 Å². The van der Waals surface area contributed by atoms with Crippen LogP contribution in [0.5, 0.6) is 0 Å². The van der Waals surface area contributed by atoms with Crippen molar-refractivity contribution in [1.82, 2.24) is 5.32 Å². The number of halogens is 3. The molecular weight excluding hydrogens is 295 g/mol. The number of anilines is 1. The monoisotopic (exact) mass is 313 g/mol. The minimum absolute atomic E-state index is 0.0135. The molecule has 1 aromatic rings. The lowest BCUT2D eigenvalue weighted by Crippen LogP contribution is -2.49. The molecule has 1 atom stereocenters. The van der Waals surface area contributed by atoms with Crippen LogP contribution in [0.2, 0.25) is 0 Å². The number of hydrogen-bond donors (Lipinski definition) is 2. The van der Waals surface area contributed by atoms with Gasteiger partial charge >= 0.3 is 6.18 Å². The largest absolute Gasteiger partial charge is 0.416 e. The Bertz CT molecular complexity index is 560. The van der Waals surface area contributed by atoms with Crippen molar-refractivity contribution < 1.29 is 17.9 Å². The maximum atomic E-state index is 12.7. The summed E-state index contributed by atoms with van der Waals surface area (Å²) in [5, 5.41) is 15.5. The van der Waals surface area contributed by atoms with Gasteiger partial charge in [0.05, 0.1) is 29.0 Å². The molecule has 0 radical (unpaired) electrons. The molecule has 0 aliphatic carbocycles. The molecule has 0 spiro atoms. The Morgan fingerprint density at radius 3 is 2.77 bits per heavy atom. The Morgan fingerprint density at radius 2 is 2.23 bits per heavy atom. The molecule has 2 rings (SSSR count). The number of hydrogen-bond acceptors (Lipinski definition) is 4. The van der Waals surface area contributed by atoms with E-state index in [-0.39, 0.29) is 11.1 Å². The van der Waals surface area contributed by atoms with Crippen molar-refractivity contribution in [3.05, 3.63) is 29.3 Å². The van der Waals surface area contributed by atoms with Crippen LogP contribution in [0.4, 0.5) is 18.9 Å². The smallest absolute Gasteiger partial charge is 0.383 e. The third-order valence-electron chi connectivity index (χ3n) is 3.84. The van der Waals surface area contributed by atoms with Gasteiger partial charge in [-0.1, -0.05) is 0 Å². The van der Waals surface area contributed by atoms with Crippen LogP contribution >= 0.6 is 0 Å². The third kappa shape index (κ3) is 3.70. The van der Waals surface area contributed by atoms with Crippen LogP contribution in [-0.4, -0.2) is 32.3 Å². The van der Waals surface area contributed by atoms with Crippen molar-refractivity contribution in [3.63, 3.8) is 0 Å². The number of nitrogens with zero attached hydrogens (tertiary/aromatic N) is 1. The zero-order valence-corrected chi connectivity index (χ0v) is 12.3. The highest BCUT2D eigenvalue weighted by atomic mass is 19.4. The predicted octanol–water partition coefficient (Wildman–Crippen LogP) is 2.76. The van der Waals surface area contributed by atoms with Crippen LogP contribution in [0.15, 0.2) is 18.2 Å². The first-order chi connectivity index (χ1) is 10.4. The fourth-order valence-electron chi connectivity index (χ4n) is 2.70. The van der Waals surface area contributed by atoms with Crippen LogP contribution in [0, 0.1) is 11.3 Å². The maximum Gasteiger partial charge on any atom is 0.416 e. The highest BCUT2D eigenvalue weighted by Crippen LogP contribution is 2.32. The van der Waals surface area contributed by atoms with E-state index in [0.29, 0.717) is 18.8 Å². The average molecular weight is 313 g/mol. The molecule has 1 aliphatic rings. The fourth-order valence-corrected chi connectivity index (χ4v) is 2.70. The van der Waals surface area contributed by atoms with Gasteiger partial charge in [-0.3, -0.25) is 0 Å². The molecule has 1 aliphatic heterocycles. The topological polar surface area (TPSA) is 57.1 Å². The molecule has 1 aromatic carbocycles. The Labute approximate surface area is 127 Å². The van der Waals surface area contributed by atoms with Crippen molar-refractivity contribution in [3.8, 4) is 6.07 Å². The standard InChI is InChI=1S/C15H18F3N3O/c1-22-10-14(5-2-6-21-14)9-20-13-4-3-12(15(16,17)18)7-11(13)8-19/h3-4,7,20-21H,2,5-6,9-10H2,1H3. The molecule has 22 heavy (non-hydrogen) atoms. The number of rotatable bonds is 5. The van der Waals surface area contributed by atoms with Crippen LogP contribution in [-0.2, 0) is 10.9 Å². The van der Waals surface area contributed by atoms with Gasteiger partial charge in [0.1, 0.15) is 6.07 Å². The molecule has 2 N–H and O–H groups in total. The maximum absolute atomic E-state index is 12.7. The van der Waals surface area contributed by atoms with E-state index in [1.54, 1.807) is 7.11 Å². The third-order valence-corrected chi connectivity index (χ3v) is 3.84. The summed E-state index contributed by atoms with van der Waals surface area (Å²) in [5.41, 5.74) is -0.676. The molecular formula is C15H18F3N3O. The van der Waals surface area contributed by atoms with Crippen molar-refractivity contribution in [2.75, 3.05) is 32.1 Å². The van der Waals surface area contributed by atoms with Crippen LogP contribution in [0.1, 0.15) is 24.0 Å². The molecule has 0 saturated carbocycles. The van der Waals surface area contributed by atoms with E-state index < -0.39 is 11.7 Å². The van der Waals surface area contributed by atoms with Gasteiger partial charge in [0, 0.05) is 13.7 Å². The van der Waals surface area contributed by atoms with E-state index in [1.165, 1.54) is 6.07 Å². The summed E-state index contributed by atoms with van der Waals surface area (Å²) >= 11 is 0. The molecule has 0 bridgehead atoms. The summed E-state index contributed by atoms with van der Waals surface area (Å²) < 4.78 is 43.2. The molecule has 0 aromatic heterocycles. The van der Waals surface area contributed by atoms with E-state index in [4.69, 9.17) is 10.00 Å². The summed E-state index contributed by atoms with van der Waals surface area (Å²) in [6, 6.07) is 4.97. The van der Waals surface area contributed by atoms with Gasteiger partial charge in [-0.15, -0.1) is 0 Å². The van der Waals surface area contributed by atoms with Crippen molar-refractivity contribution >= 4 is 5.69 Å². The molecule has 1 fully saturated rings. The van der Waals surface area contributed by atoms with E-state index in [0.717, 1.165) is 31.5 Å². The fraction of sp³-hybridized carbons (Fsp3) is 0.533. The Morgan fingerprint density at radius 1 is 1.45 bits per heavy atom. The van der Waals surface area contributed by atoms with Gasteiger partial charge in [0.15, 0.2) is 0 Å². The Kier molecular flexibility index (Phi) is 4.94. The van der Waals surface area contributed by atoms with E-state index in [2.05, 4.69) is 10.6 Å². The van der Waals surface area contributed by atoms with Crippen molar-refractivity contribution in [2.24, 2.45) is 0 Å². The lowest BCUT2D eigenvalue weighted by atomic mass is 9.98. The van der Waals surface area contributed by atoms with E-state index in [9.17, 15) is 13.2 Å². The molecule has 1 saturated heterocycles. The normalized spacial score (nSPS) is 21.6. The second-order valence-corrected chi connectivity index (χ2v) is 5.47. The second kappa shape index (κ2) is 6.55. The van der Waals surface area contributed by atoms with Gasteiger partial charge in [-0.25, -0.2) is 0 Å². The molecule has 1 heterocycles. The molecule has 4 nitrogen and oxygen atoms in total. The van der Waals surface area contributed by atoms with Gasteiger partial charge < -0.3 is 15.4 Å². The van der Waals surface area contributed by atoms with Gasteiger partial charge in [0.2, 0.25) is 0 Å².